The molecule has 1 rings (SSSR count). The number of rotatable bonds is 4. The van der Waals surface area contributed by atoms with Crippen molar-refractivity contribution in [1.82, 2.24) is 4.98 Å². The molecule has 0 aliphatic carbocycles. The van der Waals surface area contributed by atoms with Crippen molar-refractivity contribution in [2.75, 3.05) is 7.11 Å². The third-order valence-electron chi connectivity index (χ3n) is 2.00. The van der Waals surface area contributed by atoms with E-state index in [4.69, 9.17) is 0 Å². The van der Waals surface area contributed by atoms with Crippen molar-refractivity contribution >= 4 is 28.6 Å². The summed E-state index contributed by atoms with van der Waals surface area (Å²) in [5.41, 5.74) is -1.18. The molecule has 0 saturated heterocycles. The Labute approximate surface area is 123 Å². The molecule has 0 atom stereocenters. The van der Waals surface area contributed by atoms with Crippen LogP contribution < -0.4 is 4.74 Å². The molecule has 0 spiro atoms. The van der Waals surface area contributed by atoms with Gasteiger partial charge < -0.3 is 9.47 Å². The Balaban J connectivity index is 3.25. The smallest absolute Gasteiger partial charge is 0.469 e. The standard InChI is InChI=1S/C10H7F5INO3/c1-19-7(18)3-4-8(16)6(20-10(13,14)15)2-5(17-4)9(11)12/h2,9H,3H2,1H3. The van der Waals surface area contributed by atoms with Crippen molar-refractivity contribution < 1.29 is 36.2 Å². The summed E-state index contributed by atoms with van der Waals surface area (Å²) >= 11 is 1.43. The topological polar surface area (TPSA) is 48.4 Å². The number of hydrogen-bond acceptors (Lipinski definition) is 4. The van der Waals surface area contributed by atoms with E-state index in [0.29, 0.717) is 6.07 Å². The number of hydrogen-bond donors (Lipinski definition) is 0. The minimum Gasteiger partial charge on any atom is -0.469 e. The van der Waals surface area contributed by atoms with Gasteiger partial charge in [-0.1, -0.05) is 0 Å². The van der Waals surface area contributed by atoms with Crippen molar-refractivity contribution in [1.29, 1.82) is 0 Å². The number of esters is 1. The van der Waals surface area contributed by atoms with Crippen molar-refractivity contribution in [2.45, 2.75) is 19.2 Å². The van der Waals surface area contributed by atoms with Crippen LogP contribution in [-0.4, -0.2) is 24.4 Å². The van der Waals surface area contributed by atoms with E-state index in [2.05, 4.69) is 14.5 Å². The second kappa shape index (κ2) is 6.50. The predicted molar refractivity (Wildman–Crippen MR) is 64.3 cm³/mol. The van der Waals surface area contributed by atoms with Gasteiger partial charge in [0.2, 0.25) is 0 Å². The average Bonchev–Trinajstić information content (AvgIpc) is 2.31. The molecule has 0 aliphatic rings. The molecule has 0 aromatic carbocycles. The van der Waals surface area contributed by atoms with Gasteiger partial charge in [-0.15, -0.1) is 13.2 Å². The maximum absolute atomic E-state index is 12.6. The van der Waals surface area contributed by atoms with Crippen LogP contribution in [0.25, 0.3) is 0 Å². The summed E-state index contributed by atoms with van der Waals surface area (Å²) < 4.78 is 69.5. The molecule has 1 aromatic heterocycles. The Morgan fingerprint density at radius 2 is 2.05 bits per heavy atom. The van der Waals surface area contributed by atoms with Crippen molar-refractivity contribution in [3.05, 3.63) is 21.0 Å². The summed E-state index contributed by atoms with van der Waals surface area (Å²) in [6, 6.07) is 0.487. The average molecular weight is 411 g/mol. The molecular weight excluding hydrogens is 404 g/mol. The lowest BCUT2D eigenvalue weighted by Crippen LogP contribution is -2.19. The number of nitrogens with zero attached hydrogens (tertiary/aromatic N) is 1. The van der Waals surface area contributed by atoms with Gasteiger partial charge in [-0.05, 0) is 22.6 Å². The van der Waals surface area contributed by atoms with Crippen molar-refractivity contribution in [3.63, 3.8) is 0 Å². The fourth-order valence-electron chi connectivity index (χ4n) is 1.21. The largest absolute Gasteiger partial charge is 0.573 e. The first-order valence-electron chi connectivity index (χ1n) is 4.94. The number of carbonyl (C=O) groups excluding carboxylic acids is 1. The number of alkyl halides is 5. The Hall–Kier alpha value is -1.20. The Kier molecular flexibility index (Phi) is 5.48. The molecule has 0 aliphatic heterocycles. The van der Waals surface area contributed by atoms with Gasteiger partial charge in [0, 0.05) is 6.07 Å². The fraction of sp³-hybridized carbons (Fsp3) is 0.400. The SMILES string of the molecule is COC(=O)Cc1nc(C(F)F)cc(OC(F)(F)F)c1I. The lowest BCUT2D eigenvalue weighted by Gasteiger charge is -2.14. The van der Waals surface area contributed by atoms with Crippen LogP contribution in [0, 0.1) is 3.57 Å². The van der Waals surface area contributed by atoms with Gasteiger partial charge in [-0.3, -0.25) is 4.79 Å². The van der Waals surface area contributed by atoms with Gasteiger partial charge in [0.15, 0.2) is 0 Å². The Bertz CT molecular complexity index is 506. The monoisotopic (exact) mass is 411 g/mol. The van der Waals surface area contributed by atoms with E-state index in [-0.39, 0.29) is 9.26 Å². The quantitative estimate of drug-likeness (QED) is 0.434. The first-order chi connectivity index (χ1) is 9.14. The lowest BCUT2D eigenvalue weighted by molar-refractivity contribution is -0.275. The molecule has 0 fully saturated rings. The van der Waals surface area contributed by atoms with Crippen LogP contribution in [0.5, 0.6) is 5.75 Å². The molecule has 4 nitrogen and oxygen atoms in total. The summed E-state index contributed by atoms with van der Waals surface area (Å²) in [5, 5.41) is 0. The summed E-state index contributed by atoms with van der Waals surface area (Å²) in [6.45, 7) is 0. The highest BCUT2D eigenvalue weighted by Gasteiger charge is 2.33. The minimum atomic E-state index is -5.04. The van der Waals surface area contributed by atoms with Gasteiger partial charge in [-0.2, -0.15) is 0 Å². The van der Waals surface area contributed by atoms with E-state index in [1.54, 1.807) is 0 Å². The lowest BCUT2D eigenvalue weighted by atomic mass is 10.2. The molecular formula is C10H7F5INO3. The van der Waals surface area contributed by atoms with Crippen LogP contribution in [0.15, 0.2) is 6.07 Å². The van der Waals surface area contributed by atoms with Crippen LogP contribution in [0.1, 0.15) is 17.8 Å². The third kappa shape index (κ3) is 4.72. The first kappa shape index (κ1) is 16.9. The van der Waals surface area contributed by atoms with Crippen LogP contribution >= 0.6 is 22.6 Å². The Morgan fingerprint density at radius 3 is 2.50 bits per heavy atom. The van der Waals surface area contributed by atoms with Crippen LogP contribution in [0.2, 0.25) is 0 Å². The molecule has 112 valence electrons. The van der Waals surface area contributed by atoms with Crippen molar-refractivity contribution in [2.24, 2.45) is 0 Å². The molecule has 20 heavy (non-hydrogen) atoms. The highest BCUT2D eigenvalue weighted by atomic mass is 127. The molecule has 10 heteroatoms. The van der Waals surface area contributed by atoms with E-state index in [1.807, 2.05) is 0 Å². The molecule has 0 bridgehead atoms. The summed E-state index contributed by atoms with van der Waals surface area (Å²) in [7, 11) is 1.05. The number of aromatic nitrogens is 1. The molecule has 0 saturated carbocycles. The van der Waals surface area contributed by atoms with Gasteiger partial charge >= 0.3 is 12.3 Å². The first-order valence-corrected chi connectivity index (χ1v) is 6.02. The van der Waals surface area contributed by atoms with Gasteiger partial charge in [0.05, 0.1) is 22.8 Å². The van der Waals surface area contributed by atoms with E-state index in [9.17, 15) is 26.7 Å². The zero-order chi connectivity index (χ0) is 15.5. The number of ether oxygens (including phenoxy) is 2. The number of pyridine rings is 1. The minimum absolute atomic E-state index is 0.185. The van der Waals surface area contributed by atoms with E-state index in [1.165, 1.54) is 22.6 Å². The highest BCUT2D eigenvalue weighted by Crippen LogP contribution is 2.32. The number of halogens is 6. The normalized spacial score (nSPS) is 11.6. The number of carbonyl (C=O) groups is 1. The molecule has 0 unspecified atom stereocenters. The summed E-state index contributed by atoms with van der Waals surface area (Å²) in [4.78, 5) is 14.5. The van der Waals surface area contributed by atoms with E-state index in [0.717, 1.165) is 7.11 Å². The zero-order valence-corrected chi connectivity index (χ0v) is 12.0. The Morgan fingerprint density at radius 1 is 1.45 bits per heavy atom. The summed E-state index contributed by atoms with van der Waals surface area (Å²) in [5.74, 6) is -1.65. The van der Waals surface area contributed by atoms with Gasteiger partial charge in [0.1, 0.15) is 11.4 Å². The fourth-order valence-corrected chi connectivity index (χ4v) is 1.79. The van der Waals surface area contributed by atoms with Crippen LogP contribution in [-0.2, 0) is 16.0 Å². The maximum Gasteiger partial charge on any atom is 0.573 e. The molecule has 0 radical (unpaired) electrons. The molecule has 1 aromatic rings. The highest BCUT2D eigenvalue weighted by molar-refractivity contribution is 14.1. The molecule has 1 heterocycles. The number of methoxy groups -OCH3 is 1. The molecule has 0 N–H and O–H groups in total. The summed E-state index contributed by atoms with van der Waals surface area (Å²) in [6.07, 6.45) is -8.67. The second-order valence-electron chi connectivity index (χ2n) is 3.41. The maximum atomic E-state index is 12.6. The third-order valence-corrected chi connectivity index (χ3v) is 3.16. The van der Waals surface area contributed by atoms with Crippen molar-refractivity contribution in [3.8, 4) is 5.75 Å². The van der Waals surface area contributed by atoms with Crippen LogP contribution in [0.4, 0.5) is 22.0 Å². The zero-order valence-electron chi connectivity index (χ0n) is 9.80. The van der Waals surface area contributed by atoms with Gasteiger partial charge in [0.25, 0.3) is 6.43 Å². The van der Waals surface area contributed by atoms with Gasteiger partial charge in [-0.25, -0.2) is 13.8 Å². The van der Waals surface area contributed by atoms with E-state index < -0.39 is 36.6 Å². The van der Waals surface area contributed by atoms with E-state index >= 15 is 0 Å². The predicted octanol–water partition coefficient (Wildman–Crippen LogP) is 3.24. The second-order valence-corrected chi connectivity index (χ2v) is 4.49. The molecule has 0 amide bonds. The van der Waals surface area contributed by atoms with Crippen LogP contribution in [0.3, 0.4) is 0 Å².